The summed E-state index contributed by atoms with van der Waals surface area (Å²) in [5.41, 5.74) is 12.1. The van der Waals surface area contributed by atoms with Gasteiger partial charge in [0.1, 0.15) is 11.2 Å². The van der Waals surface area contributed by atoms with Crippen molar-refractivity contribution in [1.82, 2.24) is 0 Å². The van der Waals surface area contributed by atoms with Crippen LogP contribution >= 0.6 is 0 Å². The van der Waals surface area contributed by atoms with Gasteiger partial charge >= 0.3 is 0 Å². The Kier molecular flexibility index (Phi) is 7.53. The largest absolute Gasteiger partial charge is 0.456 e. The van der Waals surface area contributed by atoms with Gasteiger partial charge in [0.25, 0.3) is 0 Å². The molecule has 0 spiro atoms. The Hall–Kier alpha value is -7.42. The molecule has 56 heavy (non-hydrogen) atoms. The minimum atomic E-state index is 0.869. The molecule has 0 aliphatic heterocycles. The minimum Gasteiger partial charge on any atom is -0.456 e. The maximum Gasteiger partial charge on any atom is 0.137 e. The molecule has 0 unspecified atom stereocenters. The fraction of sp³-hybridized carbons (Fsp3) is 0. The van der Waals surface area contributed by atoms with Gasteiger partial charge in [-0.2, -0.15) is 0 Å². The molecule has 0 fully saturated rings. The fourth-order valence-electron chi connectivity index (χ4n) is 8.46. The summed E-state index contributed by atoms with van der Waals surface area (Å²) < 4.78 is 6.41. The second-order valence-corrected chi connectivity index (χ2v) is 14.5. The van der Waals surface area contributed by atoms with Gasteiger partial charge in [-0.15, -0.1) is 0 Å². The summed E-state index contributed by atoms with van der Waals surface area (Å²) in [7, 11) is 0. The topological polar surface area (TPSA) is 16.4 Å². The molecule has 0 aliphatic rings. The SMILES string of the molecule is c1ccc(N(c2ccc(-c3ccc(-c4ccc5ccc6ccccc6c5c4)cc3)cc2)c2cccc3oc4ccccc4c23)c(-c2ccc3ccccc3c2)c1. The van der Waals surface area contributed by atoms with Crippen LogP contribution in [0.5, 0.6) is 0 Å². The van der Waals surface area contributed by atoms with Crippen LogP contribution < -0.4 is 4.90 Å². The van der Waals surface area contributed by atoms with E-state index in [0.29, 0.717) is 0 Å². The Morgan fingerprint density at radius 1 is 0.304 bits per heavy atom. The highest BCUT2D eigenvalue weighted by molar-refractivity contribution is 6.14. The Labute approximate surface area is 325 Å². The third-order valence-corrected chi connectivity index (χ3v) is 11.3. The van der Waals surface area contributed by atoms with Crippen LogP contribution in [0.2, 0.25) is 0 Å². The maximum absolute atomic E-state index is 6.41. The highest BCUT2D eigenvalue weighted by Gasteiger charge is 2.22. The normalized spacial score (nSPS) is 11.6. The summed E-state index contributed by atoms with van der Waals surface area (Å²) >= 11 is 0. The van der Waals surface area contributed by atoms with Gasteiger partial charge in [0.2, 0.25) is 0 Å². The first-order valence-corrected chi connectivity index (χ1v) is 19.2. The third-order valence-electron chi connectivity index (χ3n) is 11.3. The summed E-state index contributed by atoms with van der Waals surface area (Å²) in [6, 6.07) is 76.5. The second-order valence-electron chi connectivity index (χ2n) is 14.5. The van der Waals surface area contributed by atoms with E-state index in [-0.39, 0.29) is 0 Å². The van der Waals surface area contributed by atoms with Crippen LogP contribution in [0.25, 0.3) is 87.6 Å². The van der Waals surface area contributed by atoms with Crippen molar-refractivity contribution in [3.8, 4) is 33.4 Å². The Morgan fingerprint density at radius 3 is 1.66 bits per heavy atom. The van der Waals surface area contributed by atoms with Crippen LogP contribution in [-0.2, 0) is 0 Å². The van der Waals surface area contributed by atoms with Gasteiger partial charge in [0.15, 0.2) is 0 Å². The molecule has 1 heterocycles. The molecular formula is C54H35NO. The van der Waals surface area contributed by atoms with E-state index in [1.807, 2.05) is 6.07 Å². The molecule has 11 aromatic rings. The number of para-hydroxylation sites is 2. The lowest BCUT2D eigenvalue weighted by Crippen LogP contribution is -2.11. The molecule has 262 valence electrons. The second kappa shape index (κ2) is 13.2. The lowest BCUT2D eigenvalue weighted by atomic mass is 9.96. The number of rotatable bonds is 6. The van der Waals surface area contributed by atoms with Crippen molar-refractivity contribution >= 4 is 71.3 Å². The molecule has 0 bridgehead atoms. The molecule has 0 saturated carbocycles. The summed E-state index contributed by atoms with van der Waals surface area (Å²) in [6.07, 6.45) is 0. The average molecular weight is 714 g/mol. The molecule has 1 aromatic heterocycles. The zero-order chi connectivity index (χ0) is 37.0. The lowest BCUT2D eigenvalue weighted by Gasteiger charge is -2.28. The van der Waals surface area contributed by atoms with Crippen molar-refractivity contribution < 1.29 is 4.42 Å². The number of nitrogens with zero attached hydrogens (tertiary/aromatic N) is 1. The first-order valence-electron chi connectivity index (χ1n) is 19.2. The smallest absolute Gasteiger partial charge is 0.137 e. The number of hydrogen-bond acceptors (Lipinski definition) is 2. The van der Waals surface area contributed by atoms with E-state index in [2.05, 4.69) is 211 Å². The van der Waals surface area contributed by atoms with E-state index >= 15 is 0 Å². The summed E-state index contributed by atoms with van der Waals surface area (Å²) in [5, 5.41) is 9.74. The molecule has 0 amide bonds. The van der Waals surface area contributed by atoms with E-state index < -0.39 is 0 Å². The predicted octanol–water partition coefficient (Wildman–Crippen LogP) is 15.5. The predicted molar refractivity (Wildman–Crippen MR) is 237 cm³/mol. The third kappa shape index (κ3) is 5.42. The van der Waals surface area contributed by atoms with Crippen molar-refractivity contribution in [1.29, 1.82) is 0 Å². The molecule has 10 aromatic carbocycles. The van der Waals surface area contributed by atoms with E-state index in [0.717, 1.165) is 44.6 Å². The van der Waals surface area contributed by atoms with E-state index in [9.17, 15) is 0 Å². The van der Waals surface area contributed by atoms with Crippen LogP contribution in [0.4, 0.5) is 17.1 Å². The molecule has 0 saturated heterocycles. The summed E-state index contributed by atoms with van der Waals surface area (Å²) in [5.74, 6) is 0. The lowest BCUT2D eigenvalue weighted by molar-refractivity contribution is 0.669. The van der Waals surface area contributed by atoms with Crippen LogP contribution in [0, 0.1) is 0 Å². The van der Waals surface area contributed by atoms with Crippen molar-refractivity contribution in [3.63, 3.8) is 0 Å². The fourth-order valence-corrected chi connectivity index (χ4v) is 8.46. The van der Waals surface area contributed by atoms with Gasteiger partial charge in [-0.05, 0) is 109 Å². The number of fused-ring (bicyclic) bond motifs is 7. The van der Waals surface area contributed by atoms with Gasteiger partial charge in [-0.1, -0.05) is 164 Å². The molecule has 0 N–H and O–H groups in total. The molecular weight excluding hydrogens is 679 g/mol. The quantitative estimate of drug-likeness (QED) is 0.160. The highest BCUT2D eigenvalue weighted by Crippen LogP contribution is 2.46. The molecule has 11 rings (SSSR count). The number of furan rings is 1. The van der Waals surface area contributed by atoms with Gasteiger partial charge in [-0.25, -0.2) is 0 Å². The van der Waals surface area contributed by atoms with Crippen LogP contribution in [0.3, 0.4) is 0 Å². The van der Waals surface area contributed by atoms with Crippen LogP contribution in [-0.4, -0.2) is 0 Å². The molecule has 0 atom stereocenters. The molecule has 0 radical (unpaired) electrons. The van der Waals surface area contributed by atoms with E-state index in [4.69, 9.17) is 4.42 Å². The first-order chi connectivity index (χ1) is 27.7. The first kappa shape index (κ1) is 32.0. The van der Waals surface area contributed by atoms with Crippen molar-refractivity contribution in [2.24, 2.45) is 0 Å². The van der Waals surface area contributed by atoms with Crippen molar-refractivity contribution in [2.45, 2.75) is 0 Å². The van der Waals surface area contributed by atoms with Crippen molar-refractivity contribution in [3.05, 3.63) is 212 Å². The Balaban J connectivity index is 1.01. The van der Waals surface area contributed by atoms with Gasteiger partial charge < -0.3 is 9.32 Å². The zero-order valence-corrected chi connectivity index (χ0v) is 30.6. The maximum atomic E-state index is 6.41. The monoisotopic (exact) mass is 713 g/mol. The zero-order valence-electron chi connectivity index (χ0n) is 30.6. The highest BCUT2D eigenvalue weighted by atomic mass is 16.3. The minimum absolute atomic E-state index is 0.869. The van der Waals surface area contributed by atoms with Gasteiger partial charge in [-0.3, -0.25) is 0 Å². The molecule has 2 heteroatoms. The Morgan fingerprint density at radius 2 is 0.839 bits per heavy atom. The van der Waals surface area contributed by atoms with E-state index in [1.165, 1.54) is 60.1 Å². The van der Waals surface area contributed by atoms with Crippen LogP contribution in [0.15, 0.2) is 217 Å². The summed E-state index contributed by atoms with van der Waals surface area (Å²) in [6.45, 7) is 0. The molecule has 2 nitrogen and oxygen atoms in total. The number of benzene rings is 10. The number of hydrogen-bond donors (Lipinski definition) is 0. The number of anilines is 3. The summed E-state index contributed by atoms with van der Waals surface area (Å²) in [4.78, 5) is 2.39. The standard InChI is InChI=1S/C54H35NO/c1-2-12-42-34-44(29-24-36(42)10-1)47-14-5-7-16-50(47)55(51-17-9-19-53-54(51)48-15-6-8-18-52(48)56-53)45-32-30-38(31-33-45)37-20-22-39(23-21-37)43-28-27-41-26-25-40-11-3-4-13-46(40)49(41)35-43/h1-35H. The van der Waals surface area contributed by atoms with Gasteiger partial charge in [0.05, 0.1) is 16.8 Å². The van der Waals surface area contributed by atoms with E-state index in [1.54, 1.807) is 0 Å². The van der Waals surface area contributed by atoms with Crippen LogP contribution in [0.1, 0.15) is 0 Å². The van der Waals surface area contributed by atoms with Gasteiger partial charge in [0, 0.05) is 16.6 Å². The Bertz CT molecular complexity index is 3250. The molecule has 0 aliphatic carbocycles. The van der Waals surface area contributed by atoms with Crippen molar-refractivity contribution in [2.75, 3.05) is 4.90 Å². The average Bonchev–Trinajstić information content (AvgIpc) is 3.66.